The smallest absolute Gasteiger partial charge is 0.369 e. The molecule has 5 nitrogen and oxygen atoms in total. The van der Waals surface area contributed by atoms with Gasteiger partial charge >= 0.3 is 6.18 Å². The number of piperazine rings is 2. The molecule has 3 rings (SSSR count). The van der Waals surface area contributed by atoms with E-state index in [0.29, 0.717) is 54.4 Å². The van der Waals surface area contributed by atoms with Crippen LogP contribution >= 0.6 is 22.6 Å². The minimum absolute atomic E-state index is 0.156. The molecule has 0 saturated carbocycles. The van der Waals surface area contributed by atoms with Crippen LogP contribution in [0.2, 0.25) is 0 Å². The van der Waals surface area contributed by atoms with Gasteiger partial charge in [0.1, 0.15) is 0 Å². The first kappa shape index (κ1) is 24.6. The van der Waals surface area contributed by atoms with Gasteiger partial charge in [-0.1, -0.05) is 35.6 Å². The molecule has 2 saturated heterocycles. The first-order valence-electron chi connectivity index (χ1n) is 11.0. The van der Waals surface area contributed by atoms with Crippen molar-refractivity contribution in [3.63, 3.8) is 0 Å². The second kappa shape index (κ2) is 10.7. The summed E-state index contributed by atoms with van der Waals surface area (Å²) in [6.45, 7) is 10.8. The maximum Gasteiger partial charge on any atom is 0.416 e. The first-order chi connectivity index (χ1) is 14.7. The summed E-state index contributed by atoms with van der Waals surface area (Å²) in [5.74, 6) is 0.156. The minimum Gasteiger partial charge on any atom is -0.369 e. The Morgan fingerprint density at radius 3 is 2.26 bits per heavy atom. The molecule has 1 aromatic carbocycles. The van der Waals surface area contributed by atoms with Gasteiger partial charge in [-0.2, -0.15) is 13.2 Å². The van der Waals surface area contributed by atoms with Crippen LogP contribution in [0.5, 0.6) is 0 Å². The van der Waals surface area contributed by atoms with E-state index in [4.69, 9.17) is 0 Å². The van der Waals surface area contributed by atoms with Gasteiger partial charge in [0.05, 0.1) is 12.1 Å². The van der Waals surface area contributed by atoms with Gasteiger partial charge in [0.25, 0.3) is 0 Å². The molecule has 2 heterocycles. The van der Waals surface area contributed by atoms with Crippen molar-refractivity contribution in [1.82, 2.24) is 14.7 Å². The average Bonchev–Trinajstić information content (AvgIpc) is 2.78. The van der Waals surface area contributed by atoms with Crippen LogP contribution in [0, 0.1) is 0 Å². The van der Waals surface area contributed by atoms with Gasteiger partial charge in [-0.3, -0.25) is 14.6 Å². The highest BCUT2D eigenvalue weighted by molar-refractivity contribution is 14.1. The first-order valence-corrected chi connectivity index (χ1v) is 12.5. The van der Waals surface area contributed by atoms with Gasteiger partial charge in [0, 0.05) is 68.5 Å². The van der Waals surface area contributed by atoms with E-state index in [-0.39, 0.29) is 5.91 Å². The quantitative estimate of drug-likeness (QED) is 0.398. The number of hydrogen-bond acceptors (Lipinski definition) is 4. The third kappa shape index (κ3) is 6.25. The van der Waals surface area contributed by atoms with Gasteiger partial charge in [-0.15, -0.1) is 0 Å². The van der Waals surface area contributed by atoms with E-state index in [0.717, 1.165) is 32.6 Å². The molecule has 9 heteroatoms. The van der Waals surface area contributed by atoms with E-state index in [2.05, 4.69) is 23.6 Å². The summed E-state index contributed by atoms with van der Waals surface area (Å²) < 4.78 is 40.5. The van der Waals surface area contributed by atoms with Crippen molar-refractivity contribution < 1.29 is 18.0 Å². The summed E-state index contributed by atoms with van der Waals surface area (Å²) in [5, 5.41) is 0. The molecule has 0 aromatic heterocycles. The number of amides is 1. The Kier molecular flexibility index (Phi) is 8.48. The van der Waals surface area contributed by atoms with Crippen LogP contribution in [-0.4, -0.2) is 85.6 Å². The van der Waals surface area contributed by atoms with Crippen molar-refractivity contribution in [1.29, 1.82) is 0 Å². The summed E-state index contributed by atoms with van der Waals surface area (Å²) >= 11 is 1.96. The lowest BCUT2D eigenvalue weighted by atomic mass is 10.1. The SMILES string of the molecule is CCC(C)N1CCN(C(=O)CN2CCN(c3ccc(CI)c(C(F)(F)F)c3)CC2)CC1. The number of anilines is 1. The van der Waals surface area contributed by atoms with E-state index in [1.54, 1.807) is 12.1 Å². The molecule has 1 atom stereocenters. The van der Waals surface area contributed by atoms with Crippen molar-refractivity contribution in [3.8, 4) is 0 Å². The third-order valence-electron chi connectivity index (χ3n) is 6.52. The normalized spacial score (nSPS) is 20.2. The number of halogens is 4. The van der Waals surface area contributed by atoms with Crippen LogP contribution in [0.15, 0.2) is 18.2 Å². The predicted octanol–water partition coefficient (Wildman–Crippen LogP) is 3.71. The number of carbonyl (C=O) groups is 1. The van der Waals surface area contributed by atoms with Gasteiger partial charge in [-0.05, 0) is 31.0 Å². The lowest BCUT2D eigenvalue weighted by molar-refractivity contribution is -0.138. The van der Waals surface area contributed by atoms with Gasteiger partial charge < -0.3 is 9.80 Å². The molecule has 0 aliphatic carbocycles. The van der Waals surface area contributed by atoms with Crippen LogP contribution in [-0.2, 0) is 15.4 Å². The van der Waals surface area contributed by atoms with Crippen molar-refractivity contribution in [2.45, 2.75) is 36.9 Å². The van der Waals surface area contributed by atoms with Crippen molar-refractivity contribution in [2.24, 2.45) is 0 Å². The summed E-state index contributed by atoms with van der Waals surface area (Å²) in [5.41, 5.74) is 0.371. The standard InChI is InChI=1S/C22H32F3IN4O/c1-3-17(2)28-10-12-30(13-11-28)21(31)16-27-6-8-29(9-7-27)19-5-4-18(15-26)20(14-19)22(23,24)25/h4-5,14,17H,3,6-13,15-16H2,1-2H3. The highest BCUT2D eigenvalue weighted by Crippen LogP contribution is 2.35. The fourth-order valence-electron chi connectivity index (χ4n) is 4.27. The number of hydrogen-bond donors (Lipinski definition) is 0. The average molecular weight is 552 g/mol. The zero-order valence-corrected chi connectivity index (χ0v) is 20.5. The van der Waals surface area contributed by atoms with Crippen molar-refractivity contribution in [2.75, 3.05) is 63.8 Å². The van der Waals surface area contributed by atoms with E-state index >= 15 is 0 Å². The molecule has 0 spiro atoms. The summed E-state index contributed by atoms with van der Waals surface area (Å²) in [6.07, 6.45) is -3.23. The topological polar surface area (TPSA) is 30.0 Å². The molecule has 1 amide bonds. The molecule has 174 valence electrons. The minimum atomic E-state index is -4.34. The lowest BCUT2D eigenvalue weighted by Crippen LogP contribution is -2.55. The molecule has 2 fully saturated rings. The van der Waals surface area contributed by atoms with Gasteiger partial charge in [-0.25, -0.2) is 0 Å². The summed E-state index contributed by atoms with van der Waals surface area (Å²) in [4.78, 5) is 21.2. The Hall–Kier alpha value is -1.07. The van der Waals surface area contributed by atoms with Crippen molar-refractivity contribution >= 4 is 34.2 Å². The molecule has 0 bridgehead atoms. The number of benzene rings is 1. The van der Waals surface area contributed by atoms with Crippen LogP contribution in [0.3, 0.4) is 0 Å². The number of rotatable bonds is 6. The van der Waals surface area contributed by atoms with Crippen LogP contribution in [0.4, 0.5) is 18.9 Å². The molecular weight excluding hydrogens is 520 g/mol. The Balaban J connectivity index is 1.51. The van der Waals surface area contributed by atoms with E-state index in [9.17, 15) is 18.0 Å². The Labute approximate surface area is 196 Å². The highest BCUT2D eigenvalue weighted by Gasteiger charge is 2.34. The zero-order chi connectivity index (χ0) is 22.6. The van der Waals surface area contributed by atoms with Gasteiger partial charge in [0.2, 0.25) is 5.91 Å². The third-order valence-corrected chi connectivity index (χ3v) is 7.34. The number of alkyl halides is 4. The molecule has 1 unspecified atom stereocenters. The maximum atomic E-state index is 13.4. The largest absolute Gasteiger partial charge is 0.416 e. The Morgan fingerprint density at radius 1 is 1.06 bits per heavy atom. The fourth-order valence-corrected chi connectivity index (χ4v) is 4.93. The van der Waals surface area contributed by atoms with Crippen LogP contribution < -0.4 is 4.90 Å². The second-order valence-corrected chi connectivity index (χ2v) is 9.17. The molecule has 1 aromatic rings. The molecule has 2 aliphatic rings. The molecule has 0 N–H and O–H groups in total. The van der Waals surface area contributed by atoms with E-state index < -0.39 is 11.7 Å². The summed E-state index contributed by atoms with van der Waals surface area (Å²) in [7, 11) is 0. The molecule has 0 radical (unpaired) electrons. The monoisotopic (exact) mass is 552 g/mol. The molecular formula is C22H32F3IN4O. The molecule has 31 heavy (non-hydrogen) atoms. The zero-order valence-electron chi connectivity index (χ0n) is 18.3. The highest BCUT2D eigenvalue weighted by atomic mass is 127. The predicted molar refractivity (Wildman–Crippen MR) is 126 cm³/mol. The van der Waals surface area contributed by atoms with Crippen LogP contribution in [0.25, 0.3) is 0 Å². The maximum absolute atomic E-state index is 13.4. The second-order valence-electron chi connectivity index (χ2n) is 8.41. The number of nitrogens with zero attached hydrogens (tertiary/aromatic N) is 4. The van der Waals surface area contributed by atoms with Crippen LogP contribution in [0.1, 0.15) is 31.4 Å². The van der Waals surface area contributed by atoms with Gasteiger partial charge in [0.15, 0.2) is 0 Å². The number of carbonyl (C=O) groups excluding carboxylic acids is 1. The van der Waals surface area contributed by atoms with E-state index in [1.165, 1.54) is 6.07 Å². The Bertz CT molecular complexity index is 745. The lowest BCUT2D eigenvalue weighted by Gasteiger charge is -2.40. The molecule has 2 aliphatic heterocycles. The summed E-state index contributed by atoms with van der Waals surface area (Å²) in [6, 6.07) is 5.18. The van der Waals surface area contributed by atoms with Crippen molar-refractivity contribution in [3.05, 3.63) is 29.3 Å². The fraction of sp³-hybridized carbons (Fsp3) is 0.682. The van der Waals surface area contributed by atoms with E-state index in [1.807, 2.05) is 32.4 Å². The Morgan fingerprint density at radius 2 is 1.71 bits per heavy atom.